The van der Waals surface area contributed by atoms with E-state index in [9.17, 15) is 4.79 Å². The number of aryl methyl sites for hydroxylation is 2. The molecule has 1 atom stereocenters. The molecule has 0 heterocycles. The smallest absolute Gasteiger partial charge is 0.252 e. The number of nitrogens with one attached hydrogen (secondary N) is 1. The summed E-state index contributed by atoms with van der Waals surface area (Å²) in [7, 11) is 0. The molecule has 90 valence electrons. The summed E-state index contributed by atoms with van der Waals surface area (Å²) < 4.78 is 0. The normalized spacial score (nSPS) is 11.6. The van der Waals surface area contributed by atoms with Crippen LogP contribution in [0, 0.1) is 26.2 Å². The van der Waals surface area contributed by atoms with Crippen LogP contribution >= 0.6 is 0 Å². The van der Waals surface area contributed by atoms with Gasteiger partial charge in [-0.05, 0) is 31.4 Å². The van der Waals surface area contributed by atoms with Crippen molar-refractivity contribution >= 4 is 5.91 Å². The maximum Gasteiger partial charge on any atom is 0.252 e. The molecule has 0 spiro atoms. The molecule has 1 aromatic rings. The van der Waals surface area contributed by atoms with E-state index in [4.69, 9.17) is 6.42 Å². The predicted molar refractivity (Wildman–Crippen MR) is 70.9 cm³/mol. The Bertz CT molecular complexity index is 422. The number of amides is 1. The number of carbonyl (C=O) groups is 1. The van der Waals surface area contributed by atoms with Crippen LogP contribution in [0.1, 0.15) is 41.3 Å². The van der Waals surface area contributed by atoms with Gasteiger partial charge >= 0.3 is 0 Å². The van der Waals surface area contributed by atoms with E-state index in [1.54, 1.807) is 0 Å². The Morgan fingerprint density at radius 1 is 1.41 bits per heavy atom. The quantitative estimate of drug-likeness (QED) is 0.790. The molecule has 2 nitrogen and oxygen atoms in total. The fraction of sp³-hybridized carbons (Fsp3) is 0.400. The van der Waals surface area contributed by atoms with E-state index in [0.29, 0.717) is 6.42 Å². The van der Waals surface area contributed by atoms with Gasteiger partial charge in [0.25, 0.3) is 5.91 Å². The lowest BCUT2D eigenvalue weighted by atomic mass is 10.0. The molecular formula is C15H19NO. The monoisotopic (exact) mass is 229 g/mol. The Balaban J connectivity index is 2.87. The van der Waals surface area contributed by atoms with Crippen LogP contribution in [0.15, 0.2) is 18.2 Å². The number of terminal acetylenes is 1. The molecule has 1 N–H and O–H groups in total. The van der Waals surface area contributed by atoms with Gasteiger partial charge in [0.05, 0.1) is 0 Å². The average molecular weight is 229 g/mol. The summed E-state index contributed by atoms with van der Waals surface area (Å²) in [6.07, 6.45) is 6.70. The van der Waals surface area contributed by atoms with Crippen molar-refractivity contribution in [1.29, 1.82) is 0 Å². The van der Waals surface area contributed by atoms with Crippen LogP contribution in [0.5, 0.6) is 0 Å². The summed E-state index contributed by atoms with van der Waals surface area (Å²) in [6, 6.07) is 5.92. The molecule has 0 radical (unpaired) electrons. The molecule has 0 aliphatic rings. The van der Waals surface area contributed by atoms with E-state index in [1.807, 2.05) is 39.0 Å². The van der Waals surface area contributed by atoms with Crippen LogP contribution in [-0.2, 0) is 0 Å². The predicted octanol–water partition coefficient (Wildman–Crippen LogP) is 2.84. The van der Waals surface area contributed by atoms with E-state index >= 15 is 0 Å². The zero-order valence-electron chi connectivity index (χ0n) is 10.7. The lowest BCUT2D eigenvalue weighted by molar-refractivity contribution is 0.0935. The van der Waals surface area contributed by atoms with Gasteiger partial charge in [0.1, 0.15) is 0 Å². The molecule has 0 fully saturated rings. The van der Waals surface area contributed by atoms with Gasteiger partial charge in [-0.2, -0.15) is 0 Å². The van der Waals surface area contributed by atoms with Gasteiger partial charge in [-0.1, -0.05) is 25.1 Å². The van der Waals surface area contributed by atoms with Crippen LogP contribution < -0.4 is 5.32 Å². The minimum absolute atomic E-state index is 0.0253. The molecule has 17 heavy (non-hydrogen) atoms. The fourth-order valence-electron chi connectivity index (χ4n) is 1.87. The van der Waals surface area contributed by atoms with Gasteiger partial charge < -0.3 is 5.32 Å². The van der Waals surface area contributed by atoms with E-state index < -0.39 is 0 Å². The van der Waals surface area contributed by atoms with Crippen molar-refractivity contribution in [2.75, 3.05) is 0 Å². The van der Waals surface area contributed by atoms with E-state index in [2.05, 4.69) is 11.2 Å². The minimum atomic E-state index is -0.0253. The zero-order chi connectivity index (χ0) is 12.8. The van der Waals surface area contributed by atoms with Crippen molar-refractivity contribution in [2.45, 2.75) is 39.7 Å². The third-order valence-corrected chi connectivity index (χ3v) is 2.90. The second kappa shape index (κ2) is 6.10. The third-order valence-electron chi connectivity index (χ3n) is 2.90. The molecule has 0 bridgehead atoms. The minimum Gasteiger partial charge on any atom is -0.348 e. The van der Waals surface area contributed by atoms with Crippen molar-refractivity contribution in [3.8, 4) is 12.3 Å². The first kappa shape index (κ1) is 13.3. The number of hydrogen-bond acceptors (Lipinski definition) is 1. The van der Waals surface area contributed by atoms with Crippen LogP contribution in [0.25, 0.3) is 0 Å². The van der Waals surface area contributed by atoms with E-state index in [-0.39, 0.29) is 11.9 Å². The first-order valence-electron chi connectivity index (χ1n) is 5.90. The molecule has 1 unspecified atom stereocenters. The highest BCUT2D eigenvalue weighted by atomic mass is 16.1. The molecule has 0 saturated carbocycles. The highest BCUT2D eigenvalue weighted by molar-refractivity contribution is 5.97. The SMILES string of the molecule is C#CCC(CC)NC(=O)c1c(C)cccc1C. The zero-order valence-corrected chi connectivity index (χ0v) is 10.7. The van der Waals surface area contributed by atoms with Crippen molar-refractivity contribution in [3.63, 3.8) is 0 Å². The number of hydrogen-bond donors (Lipinski definition) is 1. The second-order valence-corrected chi connectivity index (χ2v) is 4.25. The molecule has 1 aromatic carbocycles. The molecule has 0 aromatic heterocycles. The second-order valence-electron chi connectivity index (χ2n) is 4.25. The summed E-state index contributed by atoms with van der Waals surface area (Å²) in [5, 5.41) is 2.98. The lowest BCUT2D eigenvalue weighted by Crippen LogP contribution is -2.34. The van der Waals surface area contributed by atoms with Gasteiger partial charge in [0.15, 0.2) is 0 Å². The van der Waals surface area contributed by atoms with Gasteiger partial charge in [-0.25, -0.2) is 0 Å². The molecule has 0 aliphatic carbocycles. The molecule has 1 rings (SSSR count). The first-order valence-corrected chi connectivity index (χ1v) is 5.90. The number of rotatable bonds is 4. The van der Waals surface area contributed by atoms with E-state index in [1.165, 1.54) is 0 Å². The Labute approximate surface area is 103 Å². The maximum atomic E-state index is 12.2. The Kier molecular flexibility index (Phi) is 4.78. The van der Waals surface area contributed by atoms with Crippen LogP contribution in [-0.4, -0.2) is 11.9 Å². The Morgan fingerprint density at radius 3 is 2.47 bits per heavy atom. The van der Waals surface area contributed by atoms with Gasteiger partial charge in [0.2, 0.25) is 0 Å². The molecule has 1 amide bonds. The topological polar surface area (TPSA) is 29.1 Å². The van der Waals surface area contributed by atoms with E-state index in [0.717, 1.165) is 23.1 Å². The molecular weight excluding hydrogens is 210 g/mol. The van der Waals surface area contributed by atoms with Gasteiger partial charge in [-0.15, -0.1) is 12.3 Å². The number of benzene rings is 1. The van der Waals surface area contributed by atoms with Crippen LogP contribution in [0.2, 0.25) is 0 Å². The van der Waals surface area contributed by atoms with Crippen molar-refractivity contribution in [1.82, 2.24) is 5.32 Å². The summed E-state index contributed by atoms with van der Waals surface area (Å²) in [4.78, 5) is 12.2. The van der Waals surface area contributed by atoms with Gasteiger partial charge in [-0.3, -0.25) is 4.79 Å². The average Bonchev–Trinajstić information content (AvgIpc) is 2.28. The highest BCUT2D eigenvalue weighted by Gasteiger charge is 2.14. The highest BCUT2D eigenvalue weighted by Crippen LogP contribution is 2.13. The molecule has 0 aliphatic heterocycles. The number of carbonyl (C=O) groups excluding carboxylic acids is 1. The van der Waals surface area contributed by atoms with Crippen molar-refractivity contribution in [3.05, 3.63) is 34.9 Å². The van der Waals surface area contributed by atoms with Crippen LogP contribution in [0.4, 0.5) is 0 Å². The summed E-state index contributed by atoms with van der Waals surface area (Å²) in [6.45, 7) is 5.92. The lowest BCUT2D eigenvalue weighted by Gasteiger charge is -2.16. The molecule has 2 heteroatoms. The van der Waals surface area contributed by atoms with Gasteiger partial charge in [0, 0.05) is 18.0 Å². The summed E-state index contributed by atoms with van der Waals surface area (Å²) in [5.41, 5.74) is 2.76. The molecule has 0 saturated heterocycles. The third kappa shape index (κ3) is 3.35. The summed E-state index contributed by atoms with van der Waals surface area (Å²) >= 11 is 0. The first-order chi connectivity index (χ1) is 8.10. The fourth-order valence-corrected chi connectivity index (χ4v) is 1.87. The Morgan fingerprint density at radius 2 is 2.00 bits per heavy atom. The largest absolute Gasteiger partial charge is 0.348 e. The van der Waals surface area contributed by atoms with Crippen molar-refractivity contribution in [2.24, 2.45) is 0 Å². The van der Waals surface area contributed by atoms with Crippen LogP contribution in [0.3, 0.4) is 0 Å². The van der Waals surface area contributed by atoms with Crippen molar-refractivity contribution < 1.29 is 4.79 Å². The standard InChI is InChI=1S/C15H19NO/c1-5-8-13(6-2)16-15(17)14-11(3)9-7-10-12(14)4/h1,7,9-10,13H,6,8H2,2-4H3,(H,16,17). The maximum absolute atomic E-state index is 12.2. The Hall–Kier alpha value is -1.75. The summed E-state index contributed by atoms with van der Waals surface area (Å²) in [5.74, 6) is 2.56.